The molecule has 4 rings (SSSR count). The van der Waals surface area contributed by atoms with Gasteiger partial charge in [0, 0.05) is 22.9 Å². The molecule has 1 amide bonds. The number of hydrogen-bond donors (Lipinski definition) is 2. The number of benzene rings is 3. The Labute approximate surface area is 172 Å². The number of nitrogens with one attached hydrogen (secondary N) is 1. The average Bonchev–Trinajstić information content (AvgIpc) is 3.21. The van der Waals surface area contributed by atoms with Gasteiger partial charge in [-0.25, -0.2) is 4.98 Å². The molecule has 1 aromatic heterocycles. The van der Waals surface area contributed by atoms with Crippen LogP contribution in [0.5, 0.6) is 11.5 Å². The highest BCUT2D eigenvalue weighted by Crippen LogP contribution is 2.35. The number of thiazole rings is 1. The van der Waals surface area contributed by atoms with Crippen molar-refractivity contribution in [2.75, 3.05) is 12.4 Å². The Morgan fingerprint density at radius 2 is 1.72 bits per heavy atom. The molecule has 0 saturated carbocycles. The predicted octanol–water partition coefficient (Wildman–Crippen LogP) is 5.44. The van der Waals surface area contributed by atoms with Crippen LogP contribution in [0.1, 0.15) is 9.67 Å². The molecular weight excluding hydrogens is 384 g/mol. The minimum absolute atomic E-state index is 0.185. The summed E-state index contributed by atoms with van der Waals surface area (Å²) in [6.07, 6.45) is 0. The Balaban J connectivity index is 1.74. The van der Waals surface area contributed by atoms with Gasteiger partial charge in [-0.3, -0.25) is 4.79 Å². The lowest BCUT2D eigenvalue weighted by Gasteiger charge is -2.07. The number of carbonyl (C=O) groups excluding carboxylic acids is 1. The van der Waals surface area contributed by atoms with Crippen LogP contribution in [0.3, 0.4) is 0 Å². The summed E-state index contributed by atoms with van der Waals surface area (Å²) < 4.78 is 5.23. The summed E-state index contributed by atoms with van der Waals surface area (Å²) in [5.41, 5.74) is 2.97. The first-order valence-corrected chi connectivity index (χ1v) is 9.77. The third-order valence-corrected chi connectivity index (χ3v) is 5.43. The van der Waals surface area contributed by atoms with Crippen LogP contribution in [0.4, 0.5) is 5.69 Å². The fourth-order valence-corrected chi connectivity index (χ4v) is 3.87. The van der Waals surface area contributed by atoms with Gasteiger partial charge in [-0.2, -0.15) is 0 Å². The van der Waals surface area contributed by atoms with E-state index in [1.165, 1.54) is 11.3 Å². The number of phenolic OH excluding ortho intramolecular Hbond substituents is 1. The monoisotopic (exact) mass is 402 g/mol. The molecule has 0 aliphatic rings. The van der Waals surface area contributed by atoms with Crippen molar-refractivity contribution < 1.29 is 14.6 Å². The number of carbonyl (C=O) groups is 1. The van der Waals surface area contributed by atoms with E-state index in [0.717, 1.165) is 11.1 Å². The first kappa shape index (κ1) is 18.7. The van der Waals surface area contributed by atoms with Gasteiger partial charge in [0.25, 0.3) is 5.91 Å². The Morgan fingerprint density at radius 1 is 0.966 bits per heavy atom. The highest BCUT2D eigenvalue weighted by Gasteiger charge is 2.20. The summed E-state index contributed by atoms with van der Waals surface area (Å²) >= 11 is 1.31. The number of aromatic nitrogens is 1. The van der Waals surface area contributed by atoms with Crippen LogP contribution in [0, 0.1) is 0 Å². The maximum absolute atomic E-state index is 13.1. The van der Waals surface area contributed by atoms with Crippen LogP contribution < -0.4 is 10.1 Å². The van der Waals surface area contributed by atoms with E-state index in [0.29, 0.717) is 27.0 Å². The molecule has 0 aliphatic carbocycles. The molecule has 29 heavy (non-hydrogen) atoms. The van der Waals surface area contributed by atoms with Crippen LogP contribution in [-0.4, -0.2) is 23.1 Å². The Hall–Kier alpha value is -3.64. The molecular formula is C23H18N2O3S. The number of phenols is 1. The van der Waals surface area contributed by atoms with Crippen LogP contribution >= 0.6 is 11.3 Å². The van der Waals surface area contributed by atoms with Gasteiger partial charge in [0.2, 0.25) is 0 Å². The number of hydrogen-bond acceptors (Lipinski definition) is 5. The molecule has 0 aliphatic heterocycles. The van der Waals surface area contributed by atoms with Gasteiger partial charge < -0.3 is 15.2 Å². The topological polar surface area (TPSA) is 71.5 Å². The summed E-state index contributed by atoms with van der Waals surface area (Å²) in [5, 5.41) is 13.2. The van der Waals surface area contributed by atoms with E-state index in [4.69, 9.17) is 9.72 Å². The van der Waals surface area contributed by atoms with Crippen molar-refractivity contribution in [3.63, 3.8) is 0 Å². The second-order valence-electron chi connectivity index (χ2n) is 6.30. The summed E-state index contributed by atoms with van der Waals surface area (Å²) in [5.74, 6) is 0.615. The van der Waals surface area contributed by atoms with Crippen molar-refractivity contribution in [3.8, 4) is 33.3 Å². The van der Waals surface area contributed by atoms with Crippen molar-refractivity contribution in [2.24, 2.45) is 0 Å². The highest BCUT2D eigenvalue weighted by atomic mass is 32.1. The molecule has 3 aromatic carbocycles. The molecule has 2 N–H and O–H groups in total. The molecule has 0 spiro atoms. The van der Waals surface area contributed by atoms with E-state index < -0.39 is 0 Å². The fourth-order valence-electron chi connectivity index (χ4n) is 2.88. The minimum Gasteiger partial charge on any atom is -0.508 e. The van der Waals surface area contributed by atoms with Crippen LogP contribution in [0.2, 0.25) is 0 Å². The largest absolute Gasteiger partial charge is 0.508 e. The first-order chi connectivity index (χ1) is 14.1. The van der Waals surface area contributed by atoms with Gasteiger partial charge in [0.15, 0.2) is 0 Å². The van der Waals surface area contributed by atoms with Crippen molar-refractivity contribution in [1.82, 2.24) is 4.98 Å². The summed E-state index contributed by atoms with van der Waals surface area (Å²) in [7, 11) is 1.58. The van der Waals surface area contributed by atoms with E-state index in [1.807, 2.05) is 48.5 Å². The lowest BCUT2D eigenvalue weighted by molar-refractivity contribution is 0.103. The lowest BCUT2D eigenvalue weighted by atomic mass is 10.1. The summed E-state index contributed by atoms with van der Waals surface area (Å²) in [6.45, 7) is 0. The fraction of sp³-hybridized carbons (Fsp3) is 0.0435. The van der Waals surface area contributed by atoms with Gasteiger partial charge in [0.1, 0.15) is 21.4 Å². The molecule has 0 bridgehead atoms. The van der Waals surface area contributed by atoms with E-state index >= 15 is 0 Å². The Morgan fingerprint density at radius 3 is 2.45 bits per heavy atom. The SMILES string of the molecule is COc1cccc(NC(=O)c2sc(-c3ccc(O)cc3)nc2-c2ccccc2)c1. The third kappa shape index (κ3) is 4.12. The number of aromatic hydroxyl groups is 1. The molecule has 6 heteroatoms. The number of methoxy groups -OCH3 is 1. The zero-order chi connectivity index (χ0) is 20.2. The average molecular weight is 402 g/mol. The lowest BCUT2D eigenvalue weighted by Crippen LogP contribution is -2.11. The smallest absolute Gasteiger partial charge is 0.268 e. The molecule has 144 valence electrons. The minimum atomic E-state index is -0.236. The van der Waals surface area contributed by atoms with E-state index in [9.17, 15) is 9.90 Å². The Bertz CT molecular complexity index is 1140. The number of amides is 1. The number of anilines is 1. The van der Waals surface area contributed by atoms with Crippen LogP contribution in [0.25, 0.3) is 21.8 Å². The predicted molar refractivity (Wildman–Crippen MR) is 116 cm³/mol. The zero-order valence-electron chi connectivity index (χ0n) is 15.6. The quantitative estimate of drug-likeness (QED) is 0.466. The maximum Gasteiger partial charge on any atom is 0.268 e. The van der Waals surface area contributed by atoms with E-state index in [1.54, 1.807) is 37.4 Å². The number of nitrogens with zero attached hydrogens (tertiary/aromatic N) is 1. The van der Waals surface area contributed by atoms with Gasteiger partial charge >= 0.3 is 0 Å². The second kappa shape index (κ2) is 8.16. The molecule has 0 fully saturated rings. The molecule has 5 nitrogen and oxygen atoms in total. The molecule has 0 unspecified atom stereocenters. The maximum atomic E-state index is 13.1. The Kier molecular flexibility index (Phi) is 5.27. The number of ether oxygens (including phenoxy) is 1. The van der Waals surface area contributed by atoms with E-state index in [-0.39, 0.29) is 11.7 Å². The highest BCUT2D eigenvalue weighted by molar-refractivity contribution is 7.17. The zero-order valence-corrected chi connectivity index (χ0v) is 16.4. The summed E-state index contributed by atoms with van der Waals surface area (Å²) in [6, 6.07) is 23.6. The molecule has 1 heterocycles. The van der Waals surface area contributed by atoms with Gasteiger partial charge in [-0.15, -0.1) is 11.3 Å². The van der Waals surface area contributed by atoms with Crippen molar-refractivity contribution in [2.45, 2.75) is 0 Å². The van der Waals surface area contributed by atoms with Crippen molar-refractivity contribution in [1.29, 1.82) is 0 Å². The standard InChI is InChI=1S/C23H18N2O3S/c1-28-19-9-5-8-17(14-19)24-22(27)21-20(15-6-3-2-4-7-15)25-23(29-21)16-10-12-18(26)13-11-16/h2-14,26H,1H3,(H,24,27). The van der Waals surface area contributed by atoms with Gasteiger partial charge in [0.05, 0.1) is 12.8 Å². The molecule has 0 radical (unpaired) electrons. The normalized spacial score (nSPS) is 10.5. The summed E-state index contributed by atoms with van der Waals surface area (Å²) in [4.78, 5) is 18.3. The van der Waals surface area contributed by atoms with Crippen LogP contribution in [0.15, 0.2) is 78.9 Å². The van der Waals surface area contributed by atoms with Crippen LogP contribution in [-0.2, 0) is 0 Å². The molecule has 0 atom stereocenters. The second-order valence-corrected chi connectivity index (χ2v) is 7.29. The first-order valence-electron chi connectivity index (χ1n) is 8.95. The van der Waals surface area contributed by atoms with Crippen molar-refractivity contribution >= 4 is 22.9 Å². The van der Waals surface area contributed by atoms with E-state index in [2.05, 4.69) is 5.32 Å². The van der Waals surface area contributed by atoms with Crippen molar-refractivity contribution in [3.05, 3.63) is 83.7 Å². The van der Waals surface area contributed by atoms with Gasteiger partial charge in [-0.1, -0.05) is 36.4 Å². The third-order valence-electron chi connectivity index (χ3n) is 4.32. The van der Waals surface area contributed by atoms with Gasteiger partial charge in [-0.05, 0) is 36.4 Å². The molecule has 0 saturated heterocycles. The molecule has 4 aromatic rings. The number of rotatable bonds is 5.